The number of likely N-dealkylation sites (N-methyl/N-ethyl adjacent to an activating group) is 2. The third-order valence-electron chi connectivity index (χ3n) is 2.75. The molecule has 0 fully saturated rings. The van der Waals surface area contributed by atoms with E-state index in [1.807, 2.05) is 6.92 Å². The van der Waals surface area contributed by atoms with Gasteiger partial charge in [-0.1, -0.05) is 11.6 Å². The van der Waals surface area contributed by atoms with E-state index in [0.29, 0.717) is 17.3 Å². The van der Waals surface area contributed by atoms with Gasteiger partial charge < -0.3 is 15.0 Å². The first-order valence-corrected chi connectivity index (χ1v) is 6.81. The molecule has 5 nitrogen and oxygen atoms in total. The summed E-state index contributed by atoms with van der Waals surface area (Å²) >= 11 is 5.76. The van der Waals surface area contributed by atoms with Gasteiger partial charge in [0.25, 0.3) is 0 Å². The molecule has 0 unspecified atom stereocenters. The Balaban J connectivity index is 2.37. The van der Waals surface area contributed by atoms with Crippen LogP contribution in [0.4, 0.5) is 0 Å². The zero-order valence-corrected chi connectivity index (χ0v) is 12.4. The van der Waals surface area contributed by atoms with Gasteiger partial charge in [0.05, 0.1) is 19.6 Å². The van der Waals surface area contributed by atoms with Gasteiger partial charge in [0.15, 0.2) is 0 Å². The molecule has 0 saturated heterocycles. The zero-order valence-electron chi connectivity index (χ0n) is 11.7. The molecule has 0 aliphatic heterocycles. The fourth-order valence-corrected chi connectivity index (χ4v) is 1.70. The number of nitrogens with zero attached hydrogens (tertiary/aromatic N) is 1. The summed E-state index contributed by atoms with van der Waals surface area (Å²) in [4.78, 5) is 24.7. The van der Waals surface area contributed by atoms with Crippen molar-refractivity contribution in [2.75, 3.05) is 26.7 Å². The summed E-state index contributed by atoms with van der Waals surface area (Å²) in [6.45, 7) is 2.67. The van der Waals surface area contributed by atoms with Crippen LogP contribution < -0.4 is 10.1 Å². The molecule has 0 aliphatic carbocycles. The van der Waals surface area contributed by atoms with Gasteiger partial charge in [-0.05, 0) is 31.2 Å². The highest BCUT2D eigenvalue weighted by Gasteiger charge is 2.14. The van der Waals surface area contributed by atoms with Crippen molar-refractivity contribution in [3.8, 4) is 5.75 Å². The molecule has 0 spiro atoms. The monoisotopic (exact) mass is 298 g/mol. The minimum atomic E-state index is -0.182. The maximum absolute atomic E-state index is 11.9. The van der Waals surface area contributed by atoms with Crippen LogP contribution in [0.2, 0.25) is 5.02 Å². The molecule has 0 aliphatic rings. The Hall–Kier alpha value is -1.75. The predicted octanol–water partition coefficient (Wildman–Crippen LogP) is 1.70. The number of ether oxygens (including phenoxy) is 1. The Bertz CT molecular complexity index is 448. The number of benzene rings is 1. The van der Waals surface area contributed by atoms with Gasteiger partial charge in [-0.3, -0.25) is 9.59 Å². The second-order valence-electron chi connectivity index (χ2n) is 4.13. The first-order valence-electron chi connectivity index (χ1n) is 6.43. The van der Waals surface area contributed by atoms with Crippen LogP contribution in [0.15, 0.2) is 24.3 Å². The van der Waals surface area contributed by atoms with Crippen molar-refractivity contribution in [3.63, 3.8) is 0 Å². The minimum absolute atomic E-state index is 0.0762. The van der Waals surface area contributed by atoms with Crippen LogP contribution >= 0.6 is 11.6 Å². The molecule has 0 atom stereocenters. The summed E-state index contributed by atoms with van der Waals surface area (Å²) in [6.07, 6.45) is 0.230. The average molecular weight is 299 g/mol. The highest BCUT2D eigenvalue weighted by Crippen LogP contribution is 2.15. The summed E-state index contributed by atoms with van der Waals surface area (Å²) in [5.74, 6) is 0.375. The number of nitrogens with one attached hydrogen (secondary N) is 1. The molecule has 1 aromatic rings. The summed E-state index contributed by atoms with van der Waals surface area (Å²) < 4.78 is 5.45. The molecule has 0 bridgehead atoms. The number of amides is 2. The van der Waals surface area contributed by atoms with E-state index in [4.69, 9.17) is 16.3 Å². The van der Waals surface area contributed by atoms with Crippen molar-refractivity contribution in [2.45, 2.75) is 13.3 Å². The fourth-order valence-electron chi connectivity index (χ4n) is 1.57. The Morgan fingerprint density at radius 1 is 1.30 bits per heavy atom. The van der Waals surface area contributed by atoms with E-state index in [2.05, 4.69) is 5.32 Å². The lowest BCUT2D eigenvalue weighted by atomic mass is 10.3. The number of hydrogen-bond acceptors (Lipinski definition) is 3. The molecule has 6 heteroatoms. The lowest BCUT2D eigenvalue weighted by Crippen LogP contribution is -2.39. The molecule has 1 aromatic carbocycles. The lowest BCUT2D eigenvalue weighted by Gasteiger charge is -2.19. The summed E-state index contributed by atoms with van der Waals surface area (Å²) in [7, 11) is 1.55. The van der Waals surface area contributed by atoms with Crippen molar-refractivity contribution in [3.05, 3.63) is 29.3 Å². The molecule has 110 valence electrons. The van der Waals surface area contributed by atoms with Crippen LogP contribution in [0.25, 0.3) is 0 Å². The van der Waals surface area contributed by atoms with Gasteiger partial charge in [0.2, 0.25) is 11.8 Å². The molecule has 0 radical (unpaired) electrons. The normalized spacial score (nSPS) is 9.95. The quantitative estimate of drug-likeness (QED) is 0.833. The summed E-state index contributed by atoms with van der Waals surface area (Å²) in [6, 6.07) is 6.94. The third-order valence-corrected chi connectivity index (χ3v) is 3.00. The first kappa shape index (κ1) is 16.3. The predicted molar refractivity (Wildman–Crippen MR) is 77.9 cm³/mol. The van der Waals surface area contributed by atoms with Crippen molar-refractivity contribution in [1.82, 2.24) is 10.2 Å². The van der Waals surface area contributed by atoms with Gasteiger partial charge in [0.1, 0.15) is 5.75 Å². The van der Waals surface area contributed by atoms with Crippen molar-refractivity contribution >= 4 is 23.4 Å². The van der Waals surface area contributed by atoms with Crippen LogP contribution in [0.5, 0.6) is 5.75 Å². The maximum Gasteiger partial charge on any atom is 0.239 e. The van der Waals surface area contributed by atoms with E-state index in [1.165, 1.54) is 4.90 Å². The third kappa shape index (κ3) is 5.48. The van der Waals surface area contributed by atoms with Gasteiger partial charge >= 0.3 is 0 Å². The molecule has 0 heterocycles. The number of carbonyl (C=O) groups excluding carboxylic acids is 2. The number of rotatable bonds is 7. The fraction of sp³-hybridized carbons (Fsp3) is 0.429. The van der Waals surface area contributed by atoms with E-state index >= 15 is 0 Å². The highest BCUT2D eigenvalue weighted by molar-refractivity contribution is 6.30. The molecule has 1 rings (SSSR count). The lowest BCUT2D eigenvalue weighted by molar-refractivity contribution is -0.136. The largest absolute Gasteiger partial charge is 0.493 e. The zero-order chi connectivity index (χ0) is 15.0. The SMILES string of the molecule is CCN(CC(=O)NC)C(=O)CCOc1ccc(Cl)cc1. The van der Waals surface area contributed by atoms with Crippen LogP contribution in [-0.4, -0.2) is 43.5 Å². The Kier molecular flexibility index (Phi) is 6.87. The van der Waals surface area contributed by atoms with Crippen molar-refractivity contribution < 1.29 is 14.3 Å². The molecule has 2 amide bonds. The van der Waals surface area contributed by atoms with E-state index in [0.717, 1.165) is 0 Å². The average Bonchev–Trinajstić information content (AvgIpc) is 2.46. The molecule has 0 aromatic heterocycles. The van der Waals surface area contributed by atoms with Gasteiger partial charge in [-0.2, -0.15) is 0 Å². The minimum Gasteiger partial charge on any atom is -0.493 e. The number of halogens is 1. The smallest absolute Gasteiger partial charge is 0.239 e. The van der Waals surface area contributed by atoms with E-state index in [1.54, 1.807) is 31.3 Å². The number of carbonyl (C=O) groups is 2. The first-order chi connectivity index (χ1) is 9.56. The van der Waals surface area contributed by atoms with Gasteiger partial charge in [0, 0.05) is 18.6 Å². The van der Waals surface area contributed by atoms with Crippen molar-refractivity contribution in [1.29, 1.82) is 0 Å². The maximum atomic E-state index is 11.9. The molecular formula is C14H19ClN2O3. The van der Waals surface area contributed by atoms with Gasteiger partial charge in [-0.15, -0.1) is 0 Å². The summed E-state index contributed by atoms with van der Waals surface area (Å²) in [5.41, 5.74) is 0. The Morgan fingerprint density at radius 2 is 1.95 bits per heavy atom. The van der Waals surface area contributed by atoms with E-state index in [9.17, 15) is 9.59 Å². The summed E-state index contributed by atoms with van der Waals surface area (Å²) in [5, 5.41) is 3.13. The van der Waals surface area contributed by atoms with Crippen molar-refractivity contribution in [2.24, 2.45) is 0 Å². The molecule has 1 N–H and O–H groups in total. The van der Waals surface area contributed by atoms with Gasteiger partial charge in [-0.25, -0.2) is 0 Å². The van der Waals surface area contributed by atoms with Crippen LogP contribution in [0.1, 0.15) is 13.3 Å². The topological polar surface area (TPSA) is 58.6 Å². The van der Waals surface area contributed by atoms with E-state index in [-0.39, 0.29) is 31.4 Å². The second-order valence-corrected chi connectivity index (χ2v) is 4.57. The highest BCUT2D eigenvalue weighted by atomic mass is 35.5. The molecule has 0 saturated carbocycles. The van der Waals surface area contributed by atoms with Crippen LogP contribution in [0.3, 0.4) is 0 Å². The Labute approximate surface area is 123 Å². The molecular weight excluding hydrogens is 280 g/mol. The molecule has 20 heavy (non-hydrogen) atoms. The van der Waals surface area contributed by atoms with Crippen LogP contribution in [-0.2, 0) is 9.59 Å². The Morgan fingerprint density at radius 3 is 2.50 bits per heavy atom. The van der Waals surface area contributed by atoms with Crippen LogP contribution in [0, 0.1) is 0 Å². The van der Waals surface area contributed by atoms with E-state index < -0.39 is 0 Å². The number of hydrogen-bond donors (Lipinski definition) is 1. The second kappa shape index (κ2) is 8.43. The standard InChI is InChI=1S/C14H19ClN2O3/c1-3-17(10-13(18)16-2)14(19)8-9-20-12-6-4-11(15)5-7-12/h4-7H,3,8-10H2,1-2H3,(H,16,18).